The highest BCUT2D eigenvalue weighted by Gasteiger charge is 2.37. The number of nitrogens with zero attached hydrogens (tertiary/aromatic N) is 3. The predicted molar refractivity (Wildman–Crippen MR) is 67.3 cm³/mol. The summed E-state index contributed by atoms with van der Waals surface area (Å²) < 4.78 is 34.9. The minimum atomic E-state index is -0.654. The SMILES string of the molecule is COc1cc(F)c([C@@H]2Cn3c(C)nnc3[C@H]2N)c(F)c1. The predicted octanol–water partition coefficient (Wildman–Crippen LogP) is 1.67. The fourth-order valence-electron chi connectivity index (χ4n) is 2.66. The zero-order valence-electron chi connectivity index (χ0n) is 11.1. The summed E-state index contributed by atoms with van der Waals surface area (Å²) in [7, 11) is 1.36. The van der Waals surface area contributed by atoms with Gasteiger partial charge < -0.3 is 15.0 Å². The van der Waals surface area contributed by atoms with E-state index in [1.54, 1.807) is 11.5 Å². The van der Waals surface area contributed by atoms with Gasteiger partial charge in [-0.3, -0.25) is 0 Å². The Morgan fingerprint density at radius 2 is 1.95 bits per heavy atom. The van der Waals surface area contributed by atoms with Crippen LogP contribution in [-0.2, 0) is 6.54 Å². The first kappa shape index (κ1) is 13.0. The van der Waals surface area contributed by atoms with Crippen molar-refractivity contribution in [3.8, 4) is 5.75 Å². The zero-order chi connectivity index (χ0) is 14.4. The van der Waals surface area contributed by atoms with Gasteiger partial charge in [0, 0.05) is 30.2 Å². The molecule has 2 atom stereocenters. The van der Waals surface area contributed by atoms with E-state index in [0.29, 0.717) is 18.2 Å². The van der Waals surface area contributed by atoms with Gasteiger partial charge in [-0.05, 0) is 6.92 Å². The molecule has 1 aliphatic rings. The number of benzene rings is 1. The summed E-state index contributed by atoms with van der Waals surface area (Å²) in [4.78, 5) is 0. The molecule has 0 fully saturated rings. The van der Waals surface area contributed by atoms with Crippen LogP contribution in [0.15, 0.2) is 12.1 Å². The Hall–Kier alpha value is -2.02. The summed E-state index contributed by atoms with van der Waals surface area (Å²) in [6.45, 7) is 2.15. The second-order valence-electron chi connectivity index (χ2n) is 4.85. The third kappa shape index (κ3) is 1.77. The molecule has 20 heavy (non-hydrogen) atoms. The van der Waals surface area contributed by atoms with Crippen LogP contribution in [-0.4, -0.2) is 21.9 Å². The van der Waals surface area contributed by atoms with Gasteiger partial charge in [0.1, 0.15) is 23.2 Å². The number of methoxy groups -OCH3 is 1. The molecule has 0 saturated carbocycles. The second kappa shape index (κ2) is 4.52. The molecule has 0 unspecified atom stereocenters. The average Bonchev–Trinajstić information content (AvgIpc) is 2.91. The number of hydrogen-bond donors (Lipinski definition) is 1. The molecule has 0 aliphatic carbocycles. The number of ether oxygens (including phenoxy) is 1. The van der Waals surface area contributed by atoms with Crippen LogP contribution in [0.1, 0.15) is 29.2 Å². The van der Waals surface area contributed by atoms with E-state index >= 15 is 0 Å². The van der Waals surface area contributed by atoms with Crippen LogP contribution in [0.3, 0.4) is 0 Å². The van der Waals surface area contributed by atoms with Crippen LogP contribution >= 0.6 is 0 Å². The first-order valence-corrected chi connectivity index (χ1v) is 6.21. The van der Waals surface area contributed by atoms with Crippen molar-refractivity contribution in [3.63, 3.8) is 0 Å². The lowest BCUT2D eigenvalue weighted by molar-refractivity contribution is 0.401. The molecular formula is C13H14F2N4O. The van der Waals surface area contributed by atoms with Gasteiger partial charge in [-0.15, -0.1) is 10.2 Å². The summed E-state index contributed by atoms with van der Waals surface area (Å²) in [6, 6.07) is 1.75. The molecule has 106 valence electrons. The van der Waals surface area contributed by atoms with Gasteiger partial charge in [0.05, 0.1) is 13.2 Å². The minimum Gasteiger partial charge on any atom is -0.497 e. The standard InChI is InChI=1S/C13H14F2N4O/c1-6-17-18-13-12(16)8(5-19(6)13)11-9(14)3-7(20-2)4-10(11)15/h3-4,8,12H,5,16H2,1-2H3/t8-,12-/m0/s1. The lowest BCUT2D eigenvalue weighted by atomic mass is 9.93. The molecule has 1 aliphatic heterocycles. The highest BCUT2D eigenvalue weighted by molar-refractivity contribution is 5.35. The lowest BCUT2D eigenvalue weighted by Gasteiger charge is -2.17. The maximum absolute atomic E-state index is 14.1. The van der Waals surface area contributed by atoms with Crippen molar-refractivity contribution in [2.45, 2.75) is 25.4 Å². The Morgan fingerprint density at radius 1 is 1.30 bits per heavy atom. The van der Waals surface area contributed by atoms with E-state index in [-0.39, 0.29) is 11.3 Å². The molecule has 0 saturated heterocycles. The second-order valence-corrected chi connectivity index (χ2v) is 4.85. The van der Waals surface area contributed by atoms with Crippen LogP contribution in [0.4, 0.5) is 8.78 Å². The van der Waals surface area contributed by atoms with Gasteiger partial charge >= 0.3 is 0 Å². The van der Waals surface area contributed by atoms with Gasteiger partial charge in [0.25, 0.3) is 0 Å². The molecule has 2 heterocycles. The highest BCUT2D eigenvalue weighted by atomic mass is 19.1. The Balaban J connectivity index is 2.04. The fraction of sp³-hybridized carbons (Fsp3) is 0.385. The van der Waals surface area contributed by atoms with Gasteiger partial charge in [-0.1, -0.05) is 0 Å². The molecule has 0 bridgehead atoms. The molecule has 3 rings (SSSR count). The first-order valence-electron chi connectivity index (χ1n) is 6.21. The number of rotatable bonds is 2. The van der Waals surface area contributed by atoms with Crippen molar-refractivity contribution in [1.82, 2.24) is 14.8 Å². The number of hydrogen-bond acceptors (Lipinski definition) is 4. The van der Waals surface area contributed by atoms with Gasteiger partial charge in [0.15, 0.2) is 5.82 Å². The van der Waals surface area contributed by atoms with Crippen molar-refractivity contribution < 1.29 is 13.5 Å². The van der Waals surface area contributed by atoms with E-state index in [9.17, 15) is 8.78 Å². The maximum atomic E-state index is 14.1. The third-order valence-electron chi connectivity index (χ3n) is 3.73. The van der Waals surface area contributed by atoms with Crippen LogP contribution in [0.5, 0.6) is 5.75 Å². The van der Waals surface area contributed by atoms with Crippen molar-refractivity contribution in [3.05, 3.63) is 41.0 Å². The number of nitrogens with two attached hydrogens (primary N) is 1. The van der Waals surface area contributed by atoms with Crippen molar-refractivity contribution in [1.29, 1.82) is 0 Å². The highest BCUT2D eigenvalue weighted by Crippen LogP contribution is 2.39. The average molecular weight is 280 g/mol. The fourth-order valence-corrected chi connectivity index (χ4v) is 2.66. The summed E-state index contributed by atoms with van der Waals surface area (Å²) >= 11 is 0. The molecule has 5 nitrogen and oxygen atoms in total. The topological polar surface area (TPSA) is 66.0 Å². The van der Waals surface area contributed by atoms with E-state index in [0.717, 1.165) is 12.1 Å². The van der Waals surface area contributed by atoms with Crippen LogP contribution in [0.2, 0.25) is 0 Å². The molecule has 2 aromatic rings. The molecule has 0 spiro atoms. The van der Waals surface area contributed by atoms with E-state index in [1.165, 1.54) is 7.11 Å². The number of halogens is 2. The molecular weight excluding hydrogens is 266 g/mol. The number of fused-ring (bicyclic) bond motifs is 1. The Kier molecular flexibility index (Phi) is 2.93. The lowest BCUT2D eigenvalue weighted by Crippen LogP contribution is -2.18. The third-order valence-corrected chi connectivity index (χ3v) is 3.73. The van der Waals surface area contributed by atoms with Gasteiger partial charge in [0.2, 0.25) is 0 Å². The molecule has 2 N–H and O–H groups in total. The quantitative estimate of drug-likeness (QED) is 0.908. The van der Waals surface area contributed by atoms with E-state index < -0.39 is 23.6 Å². The summed E-state index contributed by atoms with van der Waals surface area (Å²) in [5.74, 6) is -0.414. The number of aryl methyl sites for hydroxylation is 1. The van der Waals surface area contributed by atoms with Crippen molar-refractivity contribution in [2.75, 3.05) is 7.11 Å². The maximum Gasteiger partial charge on any atom is 0.150 e. The normalized spacial score (nSPS) is 21.1. The summed E-state index contributed by atoms with van der Waals surface area (Å²) in [6.07, 6.45) is 0. The Morgan fingerprint density at radius 3 is 2.50 bits per heavy atom. The summed E-state index contributed by atoms with van der Waals surface area (Å²) in [5, 5.41) is 7.88. The summed E-state index contributed by atoms with van der Waals surface area (Å²) in [5.41, 5.74) is 6.03. The monoisotopic (exact) mass is 280 g/mol. The molecule has 0 radical (unpaired) electrons. The zero-order valence-corrected chi connectivity index (χ0v) is 11.1. The Labute approximate surface area is 114 Å². The molecule has 0 amide bonds. The van der Waals surface area contributed by atoms with Crippen LogP contribution in [0.25, 0.3) is 0 Å². The van der Waals surface area contributed by atoms with E-state index in [2.05, 4.69) is 10.2 Å². The van der Waals surface area contributed by atoms with Crippen molar-refractivity contribution >= 4 is 0 Å². The smallest absolute Gasteiger partial charge is 0.150 e. The van der Waals surface area contributed by atoms with E-state index in [4.69, 9.17) is 10.5 Å². The number of aromatic nitrogens is 3. The molecule has 7 heteroatoms. The van der Waals surface area contributed by atoms with Crippen LogP contribution < -0.4 is 10.5 Å². The van der Waals surface area contributed by atoms with Gasteiger partial charge in [-0.25, -0.2) is 8.78 Å². The minimum absolute atomic E-state index is 0.0248. The largest absolute Gasteiger partial charge is 0.497 e. The van der Waals surface area contributed by atoms with Gasteiger partial charge in [-0.2, -0.15) is 0 Å². The Bertz CT molecular complexity index is 647. The van der Waals surface area contributed by atoms with Crippen LogP contribution in [0, 0.1) is 18.6 Å². The first-order chi connectivity index (χ1) is 9.52. The molecule has 1 aromatic heterocycles. The van der Waals surface area contributed by atoms with Crippen molar-refractivity contribution in [2.24, 2.45) is 5.73 Å². The molecule has 1 aromatic carbocycles. The van der Waals surface area contributed by atoms with E-state index in [1.807, 2.05) is 0 Å².